The summed E-state index contributed by atoms with van der Waals surface area (Å²) in [5, 5.41) is 5.92. The van der Waals surface area contributed by atoms with Gasteiger partial charge in [-0.1, -0.05) is 56.7 Å². The highest BCUT2D eigenvalue weighted by Crippen LogP contribution is 2.65. The number of rotatable bonds is 3. The molecule has 2 saturated heterocycles. The first-order valence-corrected chi connectivity index (χ1v) is 19.8. The molecule has 4 heterocycles. The molecule has 1 aromatic rings. The van der Waals surface area contributed by atoms with Crippen molar-refractivity contribution in [1.82, 2.24) is 20.4 Å². The maximum absolute atomic E-state index is 14.5. The second kappa shape index (κ2) is 15.1. The monoisotopic (exact) mass is 748 g/mol. The van der Waals surface area contributed by atoms with Crippen LogP contribution in [-0.4, -0.2) is 102 Å². The number of carbonyl (C=O) groups excluding carboxylic acids is 4. The molecule has 14 heteroatoms. The van der Waals surface area contributed by atoms with Gasteiger partial charge in [-0.05, 0) is 88.2 Å². The van der Waals surface area contributed by atoms with Crippen molar-refractivity contribution in [1.29, 1.82) is 0 Å². The topological polar surface area (TPSA) is 145 Å². The number of hydrogen-bond donors (Lipinski definition) is 2. The quantitative estimate of drug-likeness (QED) is 0.326. The Morgan fingerprint density at radius 2 is 1.76 bits per heavy atom. The number of nitrogens with zero attached hydrogens (tertiary/aromatic N) is 2. The van der Waals surface area contributed by atoms with Crippen LogP contribution in [0.15, 0.2) is 36.4 Å². The zero-order valence-corrected chi connectivity index (χ0v) is 32.6. The lowest BCUT2D eigenvalue weighted by Crippen LogP contribution is -2.65. The van der Waals surface area contributed by atoms with Crippen molar-refractivity contribution in [3.05, 3.63) is 47.5 Å². The number of allylic oxidation sites excluding steroid dienone is 1. The molecule has 8 rings (SSSR count). The van der Waals surface area contributed by atoms with Crippen LogP contribution in [0.1, 0.15) is 97.6 Å². The number of carbonyl (C=O) groups is 4. The molecular formula is C40H57BN4O9. The normalized spacial score (nSPS) is 34.6. The Hall–Kier alpha value is -3.62. The van der Waals surface area contributed by atoms with Gasteiger partial charge in [0, 0.05) is 19.5 Å². The minimum Gasteiger partial charge on any atom is -0.444 e. The van der Waals surface area contributed by atoms with E-state index in [1.165, 1.54) is 4.90 Å². The van der Waals surface area contributed by atoms with Crippen LogP contribution in [0.5, 0.6) is 0 Å². The number of benzene rings is 1. The average Bonchev–Trinajstić information content (AvgIpc) is 3.83. The molecule has 1 aromatic carbocycles. The number of hydrogen-bond acceptors (Lipinski definition) is 9. The molecule has 54 heavy (non-hydrogen) atoms. The summed E-state index contributed by atoms with van der Waals surface area (Å²) in [7, 11) is -0.639. The van der Waals surface area contributed by atoms with Gasteiger partial charge in [0.1, 0.15) is 23.8 Å². The molecule has 4 amide bonds. The van der Waals surface area contributed by atoms with Gasteiger partial charge in [0.15, 0.2) is 0 Å². The van der Waals surface area contributed by atoms with Gasteiger partial charge in [-0.3, -0.25) is 14.5 Å². The van der Waals surface area contributed by atoms with Gasteiger partial charge in [-0.25, -0.2) is 9.59 Å². The fraction of sp³-hybridized carbons (Fsp3) is 0.700. The Kier molecular flexibility index (Phi) is 10.8. The lowest BCUT2D eigenvalue weighted by atomic mass is 9.43. The number of amides is 4. The van der Waals surface area contributed by atoms with Crippen LogP contribution in [0.3, 0.4) is 0 Å². The highest BCUT2D eigenvalue weighted by Gasteiger charge is 2.68. The fourth-order valence-electron chi connectivity index (χ4n) is 9.57. The molecule has 3 aliphatic carbocycles. The highest BCUT2D eigenvalue weighted by atomic mass is 16.7. The van der Waals surface area contributed by atoms with Crippen LogP contribution in [0.2, 0.25) is 0 Å². The molecule has 0 radical (unpaired) electrons. The summed E-state index contributed by atoms with van der Waals surface area (Å²) < 4.78 is 30.9. The molecule has 294 valence electrons. The number of nitrogens with one attached hydrogen (secondary N) is 2. The van der Waals surface area contributed by atoms with Gasteiger partial charge in [0.2, 0.25) is 11.8 Å². The summed E-state index contributed by atoms with van der Waals surface area (Å²) in [4.78, 5) is 58.4. The summed E-state index contributed by atoms with van der Waals surface area (Å²) in [5.74, 6) is -0.433. The van der Waals surface area contributed by atoms with E-state index in [0.29, 0.717) is 31.3 Å². The van der Waals surface area contributed by atoms with Crippen molar-refractivity contribution in [3.63, 3.8) is 0 Å². The van der Waals surface area contributed by atoms with E-state index in [1.54, 1.807) is 25.7 Å². The van der Waals surface area contributed by atoms with Crippen molar-refractivity contribution in [2.75, 3.05) is 19.8 Å². The average molecular weight is 749 g/mol. The molecule has 13 nitrogen and oxygen atoms in total. The van der Waals surface area contributed by atoms with E-state index in [4.69, 9.17) is 23.5 Å². The van der Waals surface area contributed by atoms with Crippen LogP contribution in [0.25, 0.3) is 0 Å². The molecule has 0 aromatic heterocycles. The zero-order chi connectivity index (χ0) is 38.4. The predicted molar refractivity (Wildman–Crippen MR) is 200 cm³/mol. The summed E-state index contributed by atoms with van der Waals surface area (Å²) in [6.45, 7) is 12.9. The molecule has 2 N–H and O–H groups in total. The van der Waals surface area contributed by atoms with Gasteiger partial charge in [-0.15, -0.1) is 0 Å². The first kappa shape index (κ1) is 38.7. The molecular weight excluding hydrogens is 691 g/mol. The Morgan fingerprint density at radius 1 is 1.02 bits per heavy atom. The largest absolute Gasteiger partial charge is 0.481 e. The minimum atomic E-state index is -1.16. The molecule has 5 fully saturated rings. The first-order chi connectivity index (χ1) is 25.6. The van der Waals surface area contributed by atoms with Crippen LogP contribution in [-0.2, 0) is 46.2 Å². The standard InChI is InChI=1S/C40H57BN4O9/c1-38(2,3)52-36(48)42-29-24-50-17-13-9-7-8-10-16-33(41-53-32-19-27-18-31(39(27,4)5)40(32,6)54-41)43-34(46)30-20-28(23-45(30)35(29)47)51-37(49)44-21-25-14-11-12-15-26(25)22-44/h9,11-15,27-33H,7-8,10,16-24H2,1-6H3,(H,42,48)(H,43,46)/b13-9+/t27?,28-,29?,30+,31?,32?,33-,40?/m1/s1. The Labute approximate surface area is 319 Å². The van der Waals surface area contributed by atoms with Crippen LogP contribution < -0.4 is 10.6 Å². The van der Waals surface area contributed by atoms with E-state index in [2.05, 4.69) is 31.4 Å². The van der Waals surface area contributed by atoms with Gasteiger partial charge in [0.25, 0.3) is 0 Å². The van der Waals surface area contributed by atoms with Gasteiger partial charge >= 0.3 is 19.3 Å². The molecule has 2 bridgehead atoms. The summed E-state index contributed by atoms with van der Waals surface area (Å²) in [6, 6.07) is 5.71. The molecule has 3 saturated carbocycles. The van der Waals surface area contributed by atoms with Crippen LogP contribution in [0, 0.1) is 17.3 Å². The van der Waals surface area contributed by atoms with Crippen molar-refractivity contribution < 1.29 is 42.7 Å². The van der Waals surface area contributed by atoms with Crippen molar-refractivity contribution in [3.8, 4) is 0 Å². The second-order valence-electron chi connectivity index (χ2n) is 17.8. The molecule has 4 aliphatic heterocycles. The Morgan fingerprint density at radius 3 is 2.46 bits per heavy atom. The lowest BCUT2D eigenvalue weighted by Gasteiger charge is -2.64. The summed E-state index contributed by atoms with van der Waals surface area (Å²) in [5.41, 5.74) is 1.03. The van der Waals surface area contributed by atoms with Gasteiger partial charge < -0.3 is 39.1 Å². The van der Waals surface area contributed by atoms with Crippen molar-refractivity contribution in [2.45, 2.75) is 141 Å². The summed E-state index contributed by atoms with van der Waals surface area (Å²) >= 11 is 0. The van der Waals surface area contributed by atoms with Crippen LogP contribution in [0.4, 0.5) is 9.59 Å². The van der Waals surface area contributed by atoms with Gasteiger partial charge in [0.05, 0.1) is 37.4 Å². The van der Waals surface area contributed by atoms with E-state index >= 15 is 0 Å². The van der Waals surface area contributed by atoms with Crippen molar-refractivity contribution in [2.24, 2.45) is 17.3 Å². The molecule has 8 atom stereocenters. The van der Waals surface area contributed by atoms with Crippen LogP contribution >= 0.6 is 0 Å². The number of ether oxygens (including phenoxy) is 3. The highest BCUT2D eigenvalue weighted by molar-refractivity contribution is 6.48. The Balaban J connectivity index is 1.12. The Bertz CT molecular complexity index is 1610. The van der Waals surface area contributed by atoms with Gasteiger partial charge in [-0.2, -0.15) is 0 Å². The second-order valence-corrected chi connectivity index (χ2v) is 17.8. The maximum atomic E-state index is 14.5. The molecule has 5 unspecified atom stereocenters. The third-order valence-electron chi connectivity index (χ3n) is 12.6. The lowest BCUT2D eigenvalue weighted by molar-refractivity contribution is -0.199. The van der Waals surface area contributed by atoms with Crippen molar-refractivity contribution >= 4 is 31.1 Å². The number of alkyl carbamates (subject to hydrolysis) is 1. The molecule has 0 spiro atoms. The van der Waals surface area contributed by atoms with E-state index in [0.717, 1.165) is 43.2 Å². The third-order valence-corrected chi connectivity index (χ3v) is 12.6. The maximum Gasteiger partial charge on any atom is 0.481 e. The molecule has 7 aliphatic rings. The zero-order valence-electron chi connectivity index (χ0n) is 32.6. The smallest absolute Gasteiger partial charge is 0.444 e. The fourth-order valence-corrected chi connectivity index (χ4v) is 9.57. The SMILES string of the molecule is CC(C)(C)OC(=O)NC1COC/C=C/CCCC[C@H](B2OC3CC4CC(C4(C)C)C3(C)O2)NC(=O)[C@@H]2C[C@@H](OC(=O)N3Cc4ccccc4C3)CN2C1=O. The predicted octanol–water partition coefficient (Wildman–Crippen LogP) is 4.90. The van der Waals surface area contributed by atoms with E-state index in [9.17, 15) is 19.2 Å². The van der Waals surface area contributed by atoms with E-state index < -0.39 is 60.5 Å². The van der Waals surface area contributed by atoms with E-state index in [-0.39, 0.29) is 43.6 Å². The third kappa shape index (κ3) is 7.88. The summed E-state index contributed by atoms with van der Waals surface area (Å²) in [6.07, 6.45) is 7.14. The van der Waals surface area contributed by atoms with E-state index in [1.807, 2.05) is 36.4 Å². The first-order valence-electron chi connectivity index (χ1n) is 19.8. The minimum absolute atomic E-state index is 0.0325. The number of fused-ring (bicyclic) bond motifs is 2.